The van der Waals surface area contributed by atoms with Gasteiger partial charge in [0.2, 0.25) is 5.95 Å². The summed E-state index contributed by atoms with van der Waals surface area (Å²) in [5.41, 5.74) is 3.17. The first-order valence-electron chi connectivity index (χ1n) is 11.8. The molecule has 2 unspecified atom stereocenters. The van der Waals surface area contributed by atoms with Crippen molar-refractivity contribution in [1.29, 1.82) is 0 Å². The third kappa shape index (κ3) is 4.79. The molecule has 1 aliphatic carbocycles. The van der Waals surface area contributed by atoms with Gasteiger partial charge in [0.05, 0.1) is 46.2 Å². The Morgan fingerprint density at radius 2 is 2.00 bits per heavy atom. The lowest BCUT2D eigenvalue weighted by Crippen LogP contribution is -2.35. The molecule has 5 atom stereocenters. The molecule has 0 spiro atoms. The number of aliphatic imine (C=N–C) groups is 1. The Bertz CT molecular complexity index is 1230. The van der Waals surface area contributed by atoms with E-state index in [1.807, 2.05) is 19.9 Å². The Morgan fingerprint density at radius 1 is 1.14 bits per heavy atom. The van der Waals surface area contributed by atoms with E-state index in [4.69, 9.17) is 9.97 Å². The van der Waals surface area contributed by atoms with E-state index < -0.39 is 24.2 Å². The minimum atomic E-state index is -1.03. The first kappa shape index (κ1) is 23.8. The van der Waals surface area contributed by atoms with E-state index in [1.54, 1.807) is 12.5 Å². The van der Waals surface area contributed by atoms with Gasteiger partial charge in [0, 0.05) is 31.8 Å². The van der Waals surface area contributed by atoms with Gasteiger partial charge in [0.15, 0.2) is 0 Å². The van der Waals surface area contributed by atoms with Gasteiger partial charge in [-0.15, -0.1) is 11.3 Å². The summed E-state index contributed by atoms with van der Waals surface area (Å²) in [5.74, 6) is 0.595. The van der Waals surface area contributed by atoms with E-state index in [0.717, 1.165) is 45.1 Å². The summed E-state index contributed by atoms with van der Waals surface area (Å²) in [5, 5.41) is 41.0. The third-order valence-electron chi connectivity index (χ3n) is 6.64. The fourth-order valence-corrected chi connectivity index (χ4v) is 5.76. The first-order chi connectivity index (χ1) is 16.9. The second-order valence-corrected chi connectivity index (χ2v) is 10.1. The van der Waals surface area contributed by atoms with Gasteiger partial charge in [0.1, 0.15) is 22.4 Å². The average molecular weight is 499 g/mol. The van der Waals surface area contributed by atoms with Crippen LogP contribution in [0.2, 0.25) is 0 Å². The molecule has 3 aromatic heterocycles. The quantitative estimate of drug-likeness (QED) is 0.265. The van der Waals surface area contributed by atoms with E-state index >= 15 is 0 Å². The van der Waals surface area contributed by atoms with Crippen molar-refractivity contribution >= 4 is 39.7 Å². The Morgan fingerprint density at radius 3 is 2.71 bits per heavy atom. The normalized spacial score (nSPS) is 25.8. The van der Waals surface area contributed by atoms with Crippen LogP contribution in [-0.4, -0.2) is 85.6 Å². The number of aliphatic hydroxyl groups excluding tert-OH is 3. The highest BCUT2D eigenvalue weighted by atomic mass is 32.1. The highest BCUT2D eigenvalue weighted by Crippen LogP contribution is 2.38. The zero-order valence-electron chi connectivity index (χ0n) is 19.6. The Kier molecular flexibility index (Phi) is 6.78. The van der Waals surface area contributed by atoms with Crippen molar-refractivity contribution in [2.45, 2.75) is 51.0 Å². The summed E-state index contributed by atoms with van der Waals surface area (Å²) in [4.78, 5) is 23.0. The van der Waals surface area contributed by atoms with Gasteiger partial charge < -0.3 is 31.3 Å². The summed E-state index contributed by atoms with van der Waals surface area (Å²) in [6.07, 6.45) is 2.73. The number of hydrogen-bond donors (Lipinski definition) is 6. The lowest BCUT2D eigenvalue weighted by molar-refractivity contribution is 0.00446. The number of aryl methyl sites for hydroxylation is 2. The molecule has 12 heteroatoms. The lowest BCUT2D eigenvalue weighted by atomic mass is 10.1. The van der Waals surface area contributed by atoms with Crippen LogP contribution in [-0.2, 0) is 0 Å². The zero-order chi connectivity index (χ0) is 24.5. The molecule has 6 N–H and O–H groups in total. The largest absolute Gasteiger partial charge is 0.396 e. The number of fused-ring (bicyclic) bond motifs is 1. The van der Waals surface area contributed by atoms with E-state index in [9.17, 15) is 15.3 Å². The molecular formula is C23H30N8O3S. The fourth-order valence-electron chi connectivity index (χ4n) is 4.65. The topological polar surface area (TPSA) is 161 Å². The number of hydrogen-bond acceptors (Lipinski definition) is 12. The molecular weight excluding hydrogens is 468 g/mol. The smallest absolute Gasteiger partial charge is 0.224 e. The number of aromatic nitrogens is 4. The minimum absolute atomic E-state index is 0.193. The SMILES string of the molecule is Cc1nc(NCCC2CNC=N2)nc(NC2C[C@H](CO)[C@@H](O)[C@H]2O)c1-c1nc2c(C)nccc2s1. The van der Waals surface area contributed by atoms with Crippen LogP contribution in [0.5, 0.6) is 0 Å². The number of anilines is 2. The molecule has 0 bridgehead atoms. The van der Waals surface area contributed by atoms with Crippen LogP contribution < -0.4 is 16.0 Å². The molecule has 2 aliphatic rings. The average Bonchev–Trinajstić information content (AvgIpc) is 3.56. The van der Waals surface area contributed by atoms with Crippen molar-refractivity contribution in [3.63, 3.8) is 0 Å². The number of aliphatic hydroxyl groups is 3. The number of nitrogens with one attached hydrogen (secondary N) is 3. The van der Waals surface area contributed by atoms with Gasteiger partial charge in [0.25, 0.3) is 0 Å². The van der Waals surface area contributed by atoms with Crippen LogP contribution in [0.25, 0.3) is 20.8 Å². The second kappa shape index (κ2) is 9.97. The molecule has 1 saturated carbocycles. The summed E-state index contributed by atoms with van der Waals surface area (Å²) in [6, 6.07) is 1.69. The van der Waals surface area contributed by atoms with Crippen molar-refractivity contribution in [2.75, 3.05) is 30.3 Å². The fraction of sp³-hybridized carbons (Fsp3) is 0.522. The number of pyridine rings is 1. The maximum atomic E-state index is 10.6. The maximum Gasteiger partial charge on any atom is 0.224 e. The molecule has 0 aromatic carbocycles. The van der Waals surface area contributed by atoms with Crippen LogP contribution in [0.3, 0.4) is 0 Å². The summed E-state index contributed by atoms with van der Waals surface area (Å²) < 4.78 is 1.02. The monoisotopic (exact) mass is 498 g/mol. The molecule has 5 rings (SSSR count). The standard InChI is InChI=1S/C23H30N8O3S/c1-11-17(22-30-18-12(2)25-6-4-16(18)35-22)21(29-15-7-13(9-32)19(33)20(15)34)31-23(28-11)26-5-3-14-8-24-10-27-14/h4,6,10,13-15,19-20,32-34H,3,5,7-9H2,1-2H3,(H,24,27)(H2,26,28,29,31)/t13-,14?,15?,19-,20+/m1/s1. The predicted molar refractivity (Wildman–Crippen MR) is 136 cm³/mol. The van der Waals surface area contributed by atoms with Crippen molar-refractivity contribution in [3.8, 4) is 10.6 Å². The summed E-state index contributed by atoms with van der Waals surface area (Å²) >= 11 is 1.53. The third-order valence-corrected chi connectivity index (χ3v) is 7.68. The molecule has 0 saturated heterocycles. The number of nitrogens with zero attached hydrogens (tertiary/aromatic N) is 5. The zero-order valence-corrected chi connectivity index (χ0v) is 20.5. The number of rotatable bonds is 8. The summed E-state index contributed by atoms with van der Waals surface area (Å²) in [6.45, 7) is 5.13. The molecule has 0 radical (unpaired) electrons. The van der Waals surface area contributed by atoms with Crippen LogP contribution in [0.1, 0.15) is 24.2 Å². The highest BCUT2D eigenvalue weighted by Gasteiger charge is 2.41. The molecule has 186 valence electrons. The van der Waals surface area contributed by atoms with Crippen LogP contribution >= 0.6 is 11.3 Å². The Hall–Kier alpha value is -2.93. The first-order valence-corrected chi connectivity index (χ1v) is 12.6. The predicted octanol–water partition coefficient (Wildman–Crippen LogP) is 1.08. The van der Waals surface area contributed by atoms with E-state index in [-0.39, 0.29) is 12.6 Å². The van der Waals surface area contributed by atoms with Crippen LogP contribution in [0, 0.1) is 19.8 Å². The van der Waals surface area contributed by atoms with E-state index in [2.05, 4.69) is 30.9 Å². The van der Waals surface area contributed by atoms with Gasteiger partial charge in [-0.1, -0.05) is 0 Å². The van der Waals surface area contributed by atoms with Crippen LogP contribution in [0.4, 0.5) is 11.8 Å². The summed E-state index contributed by atoms with van der Waals surface area (Å²) in [7, 11) is 0. The molecule has 35 heavy (non-hydrogen) atoms. The van der Waals surface area contributed by atoms with Gasteiger partial charge in [-0.05, 0) is 32.8 Å². The van der Waals surface area contributed by atoms with Crippen molar-refractivity contribution in [2.24, 2.45) is 10.9 Å². The minimum Gasteiger partial charge on any atom is -0.396 e. The van der Waals surface area contributed by atoms with Crippen molar-refractivity contribution < 1.29 is 15.3 Å². The van der Waals surface area contributed by atoms with Crippen molar-refractivity contribution in [3.05, 3.63) is 23.7 Å². The molecule has 1 fully saturated rings. The lowest BCUT2D eigenvalue weighted by Gasteiger charge is -2.21. The molecule has 11 nitrogen and oxygen atoms in total. The van der Waals surface area contributed by atoms with Gasteiger partial charge in [-0.25, -0.2) is 9.97 Å². The second-order valence-electron chi connectivity index (χ2n) is 9.08. The maximum absolute atomic E-state index is 10.6. The number of thiazole rings is 1. The van der Waals surface area contributed by atoms with Crippen LogP contribution in [0.15, 0.2) is 17.3 Å². The van der Waals surface area contributed by atoms with E-state index in [1.165, 1.54) is 11.3 Å². The van der Waals surface area contributed by atoms with Gasteiger partial charge in [-0.2, -0.15) is 4.98 Å². The Labute approximate surface area is 206 Å². The molecule has 1 aliphatic heterocycles. The Balaban J connectivity index is 1.48. The van der Waals surface area contributed by atoms with E-state index in [0.29, 0.717) is 24.7 Å². The molecule has 4 heterocycles. The van der Waals surface area contributed by atoms with Gasteiger partial charge in [-0.3, -0.25) is 9.98 Å². The van der Waals surface area contributed by atoms with Gasteiger partial charge >= 0.3 is 0 Å². The molecule has 3 aromatic rings. The highest BCUT2D eigenvalue weighted by molar-refractivity contribution is 7.21. The van der Waals surface area contributed by atoms with Crippen molar-refractivity contribution in [1.82, 2.24) is 25.3 Å². The molecule has 0 amide bonds.